The maximum absolute atomic E-state index is 3.53. The second-order valence-corrected chi connectivity index (χ2v) is 1.62. The van der Waals surface area contributed by atoms with E-state index < -0.39 is 0 Å². The molecule has 2 aromatic rings. The Hall–Kier alpha value is -2.30. The Balaban J connectivity index is 0.000000845. The van der Waals surface area contributed by atoms with Gasteiger partial charge in [-0.05, 0) is 10.4 Å². The number of aromatic nitrogens is 8. The number of rotatable bonds is 2. The molecule has 0 saturated heterocycles. The van der Waals surface area contributed by atoms with Crippen LogP contribution in [0.4, 0.5) is 11.9 Å². The van der Waals surface area contributed by atoms with Crippen molar-refractivity contribution in [1.29, 1.82) is 0 Å². The summed E-state index contributed by atoms with van der Waals surface area (Å²) in [7, 11) is 0. The van der Waals surface area contributed by atoms with E-state index in [1.807, 2.05) is 0 Å². The molecule has 0 amide bonds. The molecular weight excluding hydrogens is 180 g/mol. The normalized spacial score (nSPS) is 10.2. The molecule has 0 saturated carbocycles. The van der Waals surface area contributed by atoms with Crippen molar-refractivity contribution in [2.24, 2.45) is 10.2 Å². The summed E-state index contributed by atoms with van der Waals surface area (Å²) in [5.74, 6) is 0.222. The zero-order valence-electron chi connectivity index (χ0n) is 6.08. The largest absolute Gasteiger partial charge is 0.412 e. The zero-order valence-corrected chi connectivity index (χ0v) is 6.08. The van der Waals surface area contributed by atoms with E-state index in [1.54, 1.807) is 0 Å². The molecule has 11 nitrogen and oxygen atoms in total. The Kier molecular flexibility index (Phi) is 2.65. The molecule has 0 unspecified atom stereocenters. The van der Waals surface area contributed by atoms with Gasteiger partial charge in [0.2, 0.25) is 0 Å². The summed E-state index contributed by atoms with van der Waals surface area (Å²) in [4.78, 5) is 0. The first kappa shape index (κ1) is 8.79. The first-order valence-electron chi connectivity index (χ1n) is 2.84. The molecule has 0 radical (unpaired) electrons. The van der Waals surface area contributed by atoms with Crippen LogP contribution in [0.1, 0.15) is 0 Å². The fraction of sp³-hybridized carbons (Fsp3) is 0. The van der Waals surface area contributed by atoms with Crippen molar-refractivity contribution in [3.8, 4) is 0 Å². The molecule has 4 N–H and O–H groups in total. The number of tetrazole rings is 2. The van der Waals surface area contributed by atoms with Gasteiger partial charge in [0.15, 0.2) is 0 Å². The van der Waals surface area contributed by atoms with Gasteiger partial charge in [-0.1, -0.05) is 10.2 Å². The van der Waals surface area contributed by atoms with Crippen molar-refractivity contribution >= 4 is 11.9 Å². The first-order valence-corrected chi connectivity index (χ1v) is 2.84. The minimum Gasteiger partial charge on any atom is -0.412 e. The second kappa shape index (κ2) is 3.91. The van der Waals surface area contributed by atoms with Crippen LogP contribution in [0.25, 0.3) is 0 Å². The summed E-state index contributed by atoms with van der Waals surface area (Å²) >= 11 is 0. The molecule has 0 spiro atoms. The fourth-order valence-corrected chi connectivity index (χ4v) is 0.487. The second-order valence-electron chi connectivity index (χ2n) is 1.62. The number of nitrogens with zero attached hydrogens (tertiary/aromatic N) is 8. The van der Waals surface area contributed by atoms with Crippen LogP contribution in [0.3, 0.4) is 0 Å². The zero-order chi connectivity index (χ0) is 8.23. The summed E-state index contributed by atoms with van der Waals surface area (Å²) in [6.07, 6.45) is 0. The third kappa shape index (κ3) is 2.06. The highest BCUT2D eigenvalue weighted by Gasteiger charge is 1.95. The van der Waals surface area contributed by atoms with Crippen LogP contribution >= 0.6 is 0 Å². The molecule has 0 fully saturated rings. The highest BCUT2D eigenvalue weighted by Crippen LogP contribution is 2.04. The summed E-state index contributed by atoms with van der Waals surface area (Å²) < 4.78 is 0. The number of H-pyrrole nitrogens is 2. The van der Waals surface area contributed by atoms with Gasteiger partial charge in [-0.15, -0.1) is 20.4 Å². The van der Waals surface area contributed by atoms with Gasteiger partial charge in [0.05, 0.1) is 0 Å². The molecular formula is C2H4N10O. The van der Waals surface area contributed by atoms with E-state index >= 15 is 0 Å². The summed E-state index contributed by atoms with van der Waals surface area (Å²) in [5.41, 5.74) is 0. The summed E-state index contributed by atoms with van der Waals surface area (Å²) in [5, 5.41) is 32.1. The predicted molar refractivity (Wildman–Crippen MR) is 36.1 cm³/mol. The molecule has 0 aromatic carbocycles. The van der Waals surface area contributed by atoms with Crippen molar-refractivity contribution in [2.45, 2.75) is 0 Å². The average Bonchev–Trinajstić information content (AvgIpc) is 2.74. The fourth-order valence-electron chi connectivity index (χ4n) is 0.487. The lowest BCUT2D eigenvalue weighted by atomic mass is 11.1. The van der Waals surface area contributed by atoms with Crippen molar-refractivity contribution in [3.63, 3.8) is 0 Å². The number of hydrogen-bond acceptors (Lipinski definition) is 8. The van der Waals surface area contributed by atoms with E-state index in [1.165, 1.54) is 0 Å². The van der Waals surface area contributed by atoms with Crippen LogP contribution in [0.5, 0.6) is 0 Å². The van der Waals surface area contributed by atoms with E-state index in [4.69, 9.17) is 0 Å². The van der Waals surface area contributed by atoms with Crippen LogP contribution in [0.15, 0.2) is 10.2 Å². The molecule has 0 bridgehead atoms. The van der Waals surface area contributed by atoms with Gasteiger partial charge in [0.1, 0.15) is 0 Å². The van der Waals surface area contributed by atoms with Gasteiger partial charge in [-0.25, -0.2) is 0 Å². The minimum atomic E-state index is 0. The van der Waals surface area contributed by atoms with Gasteiger partial charge >= 0.3 is 11.9 Å². The van der Waals surface area contributed by atoms with E-state index in [0.29, 0.717) is 0 Å². The molecule has 2 heterocycles. The maximum Gasteiger partial charge on any atom is 0.307 e. The molecule has 0 aliphatic heterocycles. The average molecular weight is 184 g/mol. The number of aromatic amines is 2. The van der Waals surface area contributed by atoms with Crippen LogP contribution in [-0.2, 0) is 0 Å². The molecule has 68 valence electrons. The van der Waals surface area contributed by atoms with Crippen molar-refractivity contribution < 1.29 is 5.48 Å². The maximum atomic E-state index is 3.53. The van der Waals surface area contributed by atoms with Gasteiger partial charge in [0, 0.05) is 0 Å². The molecule has 0 aliphatic carbocycles. The van der Waals surface area contributed by atoms with Gasteiger partial charge in [-0.3, -0.25) is 0 Å². The van der Waals surface area contributed by atoms with Crippen molar-refractivity contribution in [2.75, 3.05) is 0 Å². The highest BCUT2D eigenvalue weighted by molar-refractivity contribution is 5.10. The SMILES string of the molecule is N(=N\c1nn[nH]n1)/c1nn[nH]n1.O. The van der Waals surface area contributed by atoms with Crippen LogP contribution in [0, 0.1) is 0 Å². The third-order valence-electron chi connectivity index (χ3n) is 0.897. The topological polar surface area (TPSA) is 165 Å². The van der Waals surface area contributed by atoms with E-state index in [2.05, 4.69) is 51.5 Å². The van der Waals surface area contributed by atoms with Crippen LogP contribution in [0.2, 0.25) is 0 Å². The van der Waals surface area contributed by atoms with Crippen molar-refractivity contribution in [3.05, 3.63) is 0 Å². The van der Waals surface area contributed by atoms with E-state index in [9.17, 15) is 0 Å². The number of azo groups is 1. The Bertz CT molecular complexity index is 310. The molecule has 0 atom stereocenters. The summed E-state index contributed by atoms with van der Waals surface area (Å²) in [6, 6.07) is 0. The van der Waals surface area contributed by atoms with Crippen LogP contribution in [-0.4, -0.2) is 46.7 Å². The quantitative estimate of drug-likeness (QED) is 0.527. The van der Waals surface area contributed by atoms with Crippen molar-refractivity contribution in [1.82, 2.24) is 41.2 Å². The van der Waals surface area contributed by atoms with Gasteiger partial charge < -0.3 is 5.48 Å². The number of hydrogen-bond donors (Lipinski definition) is 2. The Morgan fingerprint density at radius 1 is 0.846 bits per heavy atom. The van der Waals surface area contributed by atoms with Crippen LogP contribution < -0.4 is 0 Å². The molecule has 13 heavy (non-hydrogen) atoms. The lowest BCUT2D eigenvalue weighted by Crippen LogP contribution is -1.68. The molecule has 2 rings (SSSR count). The molecule has 2 aromatic heterocycles. The summed E-state index contributed by atoms with van der Waals surface area (Å²) in [6.45, 7) is 0. The standard InChI is InChI=1S/C2H2N10.H2O/c3(1-5-9-10-6-1)4-2-7-11-12-8-2;/h(H,5,6,9,10)(H,7,8,11,12);1H2/b4-3+;. The Morgan fingerprint density at radius 2 is 1.31 bits per heavy atom. The first-order chi connectivity index (χ1) is 5.95. The molecule has 0 aliphatic rings. The van der Waals surface area contributed by atoms with E-state index in [0.717, 1.165) is 0 Å². The smallest absolute Gasteiger partial charge is 0.307 e. The van der Waals surface area contributed by atoms with Gasteiger partial charge in [0.25, 0.3) is 0 Å². The Labute approximate surface area is 70.0 Å². The Morgan fingerprint density at radius 3 is 1.62 bits per heavy atom. The lowest BCUT2D eigenvalue weighted by molar-refractivity contribution is 0.824. The van der Waals surface area contributed by atoms with Gasteiger partial charge in [-0.2, -0.15) is 10.4 Å². The monoisotopic (exact) mass is 184 g/mol. The highest BCUT2D eigenvalue weighted by atomic mass is 16.0. The van der Waals surface area contributed by atoms with E-state index in [-0.39, 0.29) is 17.4 Å². The third-order valence-corrected chi connectivity index (χ3v) is 0.897. The molecule has 11 heteroatoms. The lowest BCUT2D eigenvalue weighted by Gasteiger charge is -1.74. The predicted octanol–water partition coefficient (Wildman–Crippen LogP) is -1.70. The minimum absolute atomic E-state index is 0. The number of nitrogens with one attached hydrogen (secondary N) is 2.